The highest BCUT2D eigenvalue weighted by Gasteiger charge is 2.09. The molecule has 0 aliphatic heterocycles. The number of rotatable bonds is 7. The number of carboxylic acids is 1. The standard InChI is InChI=1S/C13H18O3/c1-11(13(14)15)16-10-6-5-9-12-7-3-2-4-8-12/h2-4,7-8,11H,5-6,9-10H2,1H3,(H,14,15)/t11-/m1/s1. The number of unbranched alkanes of at least 4 members (excludes halogenated alkanes) is 1. The molecule has 0 aromatic heterocycles. The Labute approximate surface area is 96.1 Å². The fraction of sp³-hybridized carbons (Fsp3) is 0.462. The zero-order chi connectivity index (χ0) is 11.8. The Hall–Kier alpha value is -1.35. The first-order chi connectivity index (χ1) is 7.70. The highest BCUT2D eigenvalue weighted by atomic mass is 16.5. The molecular weight excluding hydrogens is 204 g/mol. The first-order valence-corrected chi connectivity index (χ1v) is 5.58. The van der Waals surface area contributed by atoms with E-state index in [1.54, 1.807) is 6.92 Å². The molecule has 0 unspecified atom stereocenters. The molecule has 0 aliphatic rings. The molecule has 3 nitrogen and oxygen atoms in total. The summed E-state index contributed by atoms with van der Waals surface area (Å²) in [4.78, 5) is 10.5. The third-order valence-electron chi connectivity index (χ3n) is 2.42. The number of carboxylic acid groups (broad SMARTS) is 1. The lowest BCUT2D eigenvalue weighted by Gasteiger charge is -2.07. The monoisotopic (exact) mass is 222 g/mol. The van der Waals surface area contributed by atoms with Crippen LogP contribution in [-0.2, 0) is 16.0 Å². The molecule has 1 N–H and O–H groups in total. The Balaban J connectivity index is 2.07. The molecule has 0 heterocycles. The summed E-state index contributed by atoms with van der Waals surface area (Å²) in [7, 11) is 0. The van der Waals surface area contributed by atoms with Gasteiger partial charge in [0.2, 0.25) is 0 Å². The lowest BCUT2D eigenvalue weighted by Crippen LogP contribution is -2.20. The van der Waals surface area contributed by atoms with Crippen molar-refractivity contribution in [3.63, 3.8) is 0 Å². The molecule has 0 radical (unpaired) electrons. The molecule has 1 aromatic carbocycles. The molecule has 0 fully saturated rings. The summed E-state index contributed by atoms with van der Waals surface area (Å²) in [5.74, 6) is -0.900. The van der Waals surface area contributed by atoms with Crippen molar-refractivity contribution in [2.75, 3.05) is 6.61 Å². The predicted octanol–water partition coefficient (Wildman–Crippen LogP) is 2.50. The highest BCUT2D eigenvalue weighted by Crippen LogP contribution is 2.05. The molecule has 0 amide bonds. The molecule has 1 rings (SSSR count). The number of hydrogen-bond donors (Lipinski definition) is 1. The van der Waals surface area contributed by atoms with Crippen molar-refractivity contribution >= 4 is 5.97 Å². The molecule has 88 valence electrons. The quantitative estimate of drug-likeness (QED) is 0.721. The number of ether oxygens (including phenoxy) is 1. The van der Waals surface area contributed by atoms with Gasteiger partial charge in [-0.2, -0.15) is 0 Å². The van der Waals surface area contributed by atoms with Crippen LogP contribution < -0.4 is 0 Å². The third-order valence-corrected chi connectivity index (χ3v) is 2.42. The van der Waals surface area contributed by atoms with E-state index in [0.717, 1.165) is 19.3 Å². The van der Waals surface area contributed by atoms with Crippen LogP contribution in [0.15, 0.2) is 30.3 Å². The second-order valence-corrected chi connectivity index (χ2v) is 3.79. The summed E-state index contributed by atoms with van der Waals surface area (Å²) in [5.41, 5.74) is 1.31. The lowest BCUT2D eigenvalue weighted by atomic mass is 10.1. The van der Waals surface area contributed by atoms with E-state index in [4.69, 9.17) is 9.84 Å². The number of benzene rings is 1. The Bertz CT molecular complexity index is 308. The number of aliphatic carboxylic acids is 1. The maximum atomic E-state index is 10.5. The minimum atomic E-state index is -0.900. The van der Waals surface area contributed by atoms with E-state index in [0.29, 0.717) is 6.61 Å². The number of hydrogen-bond acceptors (Lipinski definition) is 2. The van der Waals surface area contributed by atoms with Gasteiger partial charge in [-0.1, -0.05) is 30.3 Å². The summed E-state index contributed by atoms with van der Waals surface area (Å²) < 4.78 is 5.14. The fourth-order valence-electron chi connectivity index (χ4n) is 1.41. The molecule has 16 heavy (non-hydrogen) atoms. The Morgan fingerprint density at radius 3 is 2.62 bits per heavy atom. The topological polar surface area (TPSA) is 46.5 Å². The zero-order valence-electron chi connectivity index (χ0n) is 9.56. The van der Waals surface area contributed by atoms with E-state index in [1.165, 1.54) is 5.56 Å². The molecule has 3 heteroatoms. The van der Waals surface area contributed by atoms with Crippen molar-refractivity contribution in [3.05, 3.63) is 35.9 Å². The Morgan fingerprint density at radius 2 is 2.00 bits per heavy atom. The van der Waals surface area contributed by atoms with Crippen molar-refractivity contribution in [2.45, 2.75) is 32.3 Å². The van der Waals surface area contributed by atoms with E-state index in [1.807, 2.05) is 18.2 Å². The van der Waals surface area contributed by atoms with Crippen molar-refractivity contribution in [3.8, 4) is 0 Å². The second kappa shape index (κ2) is 7.01. The van der Waals surface area contributed by atoms with Crippen LogP contribution in [0.1, 0.15) is 25.3 Å². The predicted molar refractivity (Wildman–Crippen MR) is 62.4 cm³/mol. The molecule has 0 bridgehead atoms. The molecule has 0 saturated carbocycles. The van der Waals surface area contributed by atoms with Gasteiger partial charge in [0, 0.05) is 6.61 Å². The normalized spacial score (nSPS) is 12.3. The van der Waals surface area contributed by atoms with Gasteiger partial charge in [0.25, 0.3) is 0 Å². The molecule has 1 aromatic rings. The van der Waals surface area contributed by atoms with Crippen LogP contribution in [0.25, 0.3) is 0 Å². The van der Waals surface area contributed by atoms with Crippen LogP contribution in [0, 0.1) is 0 Å². The van der Waals surface area contributed by atoms with Crippen molar-refractivity contribution in [1.82, 2.24) is 0 Å². The summed E-state index contributed by atoms with van der Waals surface area (Å²) in [6.07, 6.45) is 2.24. The van der Waals surface area contributed by atoms with Gasteiger partial charge < -0.3 is 9.84 Å². The Kier molecular flexibility index (Phi) is 5.57. The van der Waals surface area contributed by atoms with Crippen LogP contribution in [0.5, 0.6) is 0 Å². The van der Waals surface area contributed by atoms with Gasteiger partial charge in [0.1, 0.15) is 0 Å². The minimum Gasteiger partial charge on any atom is -0.479 e. The molecule has 1 atom stereocenters. The van der Waals surface area contributed by atoms with Crippen LogP contribution in [0.4, 0.5) is 0 Å². The van der Waals surface area contributed by atoms with E-state index < -0.39 is 12.1 Å². The van der Waals surface area contributed by atoms with Crippen molar-refractivity contribution in [2.24, 2.45) is 0 Å². The number of aryl methyl sites for hydroxylation is 1. The van der Waals surface area contributed by atoms with E-state index >= 15 is 0 Å². The van der Waals surface area contributed by atoms with Gasteiger partial charge in [-0.15, -0.1) is 0 Å². The minimum absolute atomic E-state index is 0.514. The van der Waals surface area contributed by atoms with Crippen LogP contribution >= 0.6 is 0 Å². The summed E-state index contributed by atoms with van der Waals surface area (Å²) in [6.45, 7) is 2.07. The lowest BCUT2D eigenvalue weighted by molar-refractivity contribution is -0.149. The molecular formula is C13H18O3. The summed E-state index contributed by atoms with van der Waals surface area (Å²) in [5, 5.41) is 8.59. The third kappa shape index (κ3) is 4.94. The van der Waals surface area contributed by atoms with Gasteiger partial charge in [-0.3, -0.25) is 0 Å². The Morgan fingerprint density at radius 1 is 1.31 bits per heavy atom. The second-order valence-electron chi connectivity index (χ2n) is 3.79. The average molecular weight is 222 g/mol. The molecule has 0 aliphatic carbocycles. The van der Waals surface area contributed by atoms with Crippen LogP contribution in [-0.4, -0.2) is 23.8 Å². The van der Waals surface area contributed by atoms with E-state index in [-0.39, 0.29) is 0 Å². The van der Waals surface area contributed by atoms with Gasteiger partial charge in [0.05, 0.1) is 0 Å². The van der Waals surface area contributed by atoms with E-state index in [9.17, 15) is 4.79 Å². The molecule has 0 spiro atoms. The average Bonchev–Trinajstić information content (AvgIpc) is 2.29. The van der Waals surface area contributed by atoms with E-state index in [2.05, 4.69) is 12.1 Å². The first-order valence-electron chi connectivity index (χ1n) is 5.58. The van der Waals surface area contributed by atoms with Crippen molar-refractivity contribution in [1.29, 1.82) is 0 Å². The maximum Gasteiger partial charge on any atom is 0.332 e. The zero-order valence-corrected chi connectivity index (χ0v) is 9.56. The van der Waals surface area contributed by atoms with Gasteiger partial charge in [-0.05, 0) is 31.7 Å². The van der Waals surface area contributed by atoms with Crippen LogP contribution in [0.3, 0.4) is 0 Å². The number of carbonyl (C=O) groups is 1. The SMILES string of the molecule is C[C@@H](OCCCCc1ccccc1)C(=O)O. The highest BCUT2D eigenvalue weighted by molar-refractivity contribution is 5.71. The summed E-state index contributed by atoms with van der Waals surface area (Å²) >= 11 is 0. The van der Waals surface area contributed by atoms with Crippen molar-refractivity contribution < 1.29 is 14.6 Å². The maximum absolute atomic E-state index is 10.5. The first kappa shape index (κ1) is 12.7. The molecule has 0 saturated heterocycles. The largest absolute Gasteiger partial charge is 0.479 e. The summed E-state index contributed by atoms with van der Waals surface area (Å²) in [6, 6.07) is 10.2. The van der Waals surface area contributed by atoms with Gasteiger partial charge in [-0.25, -0.2) is 4.79 Å². The fourth-order valence-corrected chi connectivity index (χ4v) is 1.41. The van der Waals surface area contributed by atoms with Crippen LogP contribution in [0.2, 0.25) is 0 Å². The van der Waals surface area contributed by atoms with Gasteiger partial charge >= 0.3 is 5.97 Å². The van der Waals surface area contributed by atoms with Gasteiger partial charge in [0.15, 0.2) is 6.10 Å². The smallest absolute Gasteiger partial charge is 0.332 e.